The van der Waals surface area contributed by atoms with E-state index < -0.39 is 0 Å². The quantitative estimate of drug-likeness (QED) is 0.166. The van der Waals surface area contributed by atoms with Gasteiger partial charge in [0.2, 0.25) is 0 Å². The highest BCUT2D eigenvalue weighted by molar-refractivity contribution is 7.98. The Hall–Kier alpha value is -3.71. The van der Waals surface area contributed by atoms with Gasteiger partial charge in [-0.3, -0.25) is 9.36 Å². The molecule has 5 nitrogen and oxygen atoms in total. The lowest BCUT2D eigenvalue weighted by Gasteiger charge is -2.15. The van der Waals surface area contributed by atoms with Crippen LogP contribution in [0.1, 0.15) is 5.82 Å². The Kier molecular flexibility index (Phi) is 6.38. The first-order valence-electron chi connectivity index (χ1n) is 11.5. The van der Waals surface area contributed by atoms with Crippen molar-refractivity contribution in [3.8, 4) is 17.1 Å². The predicted molar refractivity (Wildman–Crippen MR) is 152 cm³/mol. The standard InChI is InChI=1S/C29H18Cl2N4OS/c30-19-15-22-26(23(31)16-19)33-25(35(29(22)36)20-11-5-2-6-12-20)17-37-28-21-13-7-8-14-24(21)32-27(34-28)18-9-3-1-4-10-18/h1-16H,17H2. The van der Waals surface area contributed by atoms with E-state index in [0.29, 0.717) is 44.0 Å². The van der Waals surface area contributed by atoms with E-state index in [9.17, 15) is 4.79 Å². The summed E-state index contributed by atoms with van der Waals surface area (Å²) in [7, 11) is 0. The van der Waals surface area contributed by atoms with E-state index in [4.69, 9.17) is 38.2 Å². The number of rotatable bonds is 5. The molecule has 0 unspecified atom stereocenters. The van der Waals surface area contributed by atoms with Gasteiger partial charge in [0, 0.05) is 16.0 Å². The highest BCUT2D eigenvalue weighted by Crippen LogP contribution is 2.32. The topological polar surface area (TPSA) is 60.7 Å². The number of fused-ring (bicyclic) bond motifs is 2. The predicted octanol–water partition coefficient (Wildman–Crippen LogP) is 7.60. The number of halogens is 2. The van der Waals surface area contributed by atoms with Crippen LogP contribution in [0.2, 0.25) is 10.0 Å². The molecular formula is C29H18Cl2N4OS. The molecule has 0 amide bonds. The van der Waals surface area contributed by atoms with Gasteiger partial charge in [-0.05, 0) is 30.3 Å². The first-order chi connectivity index (χ1) is 18.1. The molecule has 8 heteroatoms. The Morgan fingerprint density at radius 2 is 1.46 bits per heavy atom. The van der Waals surface area contributed by atoms with Crippen LogP contribution in [0.25, 0.3) is 38.9 Å². The van der Waals surface area contributed by atoms with Crippen molar-refractivity contribution in [2.45, 2.75) is 10.8 Å². The van der Waals surface area contributed by atoms with Gasteiger partial charge in [0.15, 0.2) is 5.82 Å². The third-order valence-electron chi connectivity index (χ3n) is 5.91. The number of hydrogen-bond acceptors (Lipinski definition) is 5. The molecule has 4 aromatic carbocycles. The SMILES string of the molecule is O=c1c2cc(Cl)cc(Cl)c2nc(CSc2nc(-c3ccccc3)nc3ccccc23)n1-c1ccccc1. The van der Waals surface area contributed by atoms with Crippen LogP contribution in [0, 0.1) is 0 Å². The summed E-state index contributed by atoms with van der Waals surface area (Å²) in [6.45, 7) is 0. The molecule has 2 heterocycles. The van der Waals surface area contributed by atoms with E-state index in [-0.39, 0.29) is 5.56 Å². The van der Waals surface area contributed by atoms with Crippen LogP contribution in [0.3, 0.4) is 0 Å². The summed E-state index contributed by atoms with van der Waals surface area (Å²) in [5.74, 6) is 1.59. The second-order valence-electron chi connectivity index (χ2n) is 8.31. The highest BCUT2D eigenvalue weighted by atomic mass is 35.5. The lowest BCUT2D eigenvalue weighted by atomic mass is 10.2. The van der Waals surface area contributed by atoms with E-state index in [1.165, 1.54) is 11.8 Å². The molecule has 6 rings (SSSR count). The van der Waals surface area contributed by atoms with Gasteiger partial charge in [-0.2, -0.15) is 0 Å². The Morgan fingerprint density at radius 3 is 2.24 bits per heavy atom. The number of thioether (sulfide) groups is 1. The fraction of sp³-hybridized carbons (Fsp3) is 0.0345. The van der Waals surface area contributed by atoms with Crippen LogP contribution in [0.4, 0.5) is 0 Å². The third-order valence-corrected chi connectivity index (χ3v) is 7.41. The molecule has 180 valence electrons. The highest BCUT2D eigenvalue weighted by Gasteiger charge is 2.17. The second kappa shape index (κ2) is 9.98. The van der Waals surface area contributed by atoms with Crippen molar-refractivity contribution >= 4 is 56.8 Å². The molecule has 0 fully saturated rings. The van der Waals surface area contributed by atoms with Crippen LogP contribution < -0.4 is 5.56 Å². The van der Waals surface area contributed by atoms with Crippen LogP contribution in [-0.4, -0.2) is 19.5 Å². The molecule has 0 bridgehead atoms. The van der Waals surface area contributed by atoms with Crippen molar-refractivity contribution in [2.75, 3.05) is 0 Å². The van der Waals surface area contributed by atoms with Crippen LogP contribution in [0.5, 0.6) is 0 Å². The lowest BCUT2D eigenvalue weighted by molar-refractivity contribution is 0.883. The summed E-state index contributed by atoms with van der Waals surface area (Å²) in [6.07, 6.45) is 0. The minimum absolute atomic E-state index is 0.228. The van der Waals surface area contributed by atoms with E-state index in [2.05, 4.69) is 0 Å². The van der Waals surface area contributed by atoms with E-state index in [0.717, 1.165) is 21.5 Å². The lowest BCUT2D eigenvalue weighted by Crippen LogP contribution is -2.23. The molecule has 0 atom stereocenters. The van der Waals surface area contributed by atoms with Crippen LogP contribution >= 0.6 is 35.0 Å². The van der Waals surface area contributed by atoms with Crippen molar-refractivity contribution < 1.29 is 0 Å². The first kappa shape index (κ1) is 23.7. The Balaban J connectivity index is 1.50. The molecular weight excluding hydrogens is 523 g/mol. The molecule has 6 aromatic rings. The summed E-state index contributed by atoms with van der Waals surface area (Å²) in [4.78, 5) is 28.2. The molecule has 0 aliphatic heterocycles. The monoisotopic (exact) mass is 540 g/mol. The molecule has 2 aromatic heterocycles. The average Bonchev–Trinajstić information content (AvgIpc) is 2.93. The smallest absolute Gasteiger partial charge is 0.266 e. The molecule has 0 spiro atoms. The van der Waals surface area contributed by atoms with Gasteiger partial charge in [-0.1, -0.05) is 102 Å². The zero-order chi connectivity index (χ0) is 25.4. The third kappa shape index (κ3) is 4.60. The average molecular weight is 541 g/mol. The molecule has 0 saturated carbocycles. The molecule has 0 aliphatic rings. The summed E-state index contributed by atoms with van der Waals surface area (Å²) in [5.41, 5.74) is 2.70. The normalized spacial score (nSPS) is 11.3. The van der Waals surface area contributed by atoms with E-state index >= 15 is 0 Å². The summed E-state index contributed by atoms with van der Waals surface area (Å²) in [6, 6.07) is 30.4. The minimum atomic E-state index is -0.228. The van der Waals surface area contributed by atoms with Gasteiger partial charge in [0.25, 0.3) is 5.56 Å². The number of benzene rings is 4. The van der Waals surface area contributed by atoms with Crippen LogP contribution in [-0.2, 0) is 5.75 Å². The van der Waals surface area contributed by atoms with Gasteiger partial charge in [-0.25, -0.2) is 15.0 Å². The van der Waals surface area contributed by atoms with Gasteiger partial charge >= 0.3 is 0 Å². The maximum atomic E-state index is 13.7. The largest absolute Gasteiger partial charge is 0.268 e. The minimum Gasteiger partial charge on any atom is -0.268 e. The summed E-state index contributed by atoms with van der Waals surface area (Å²) < 4.78 is 1.61. The van der Waals surface area contributed by atoms with E-state index in [1.54, 1.807) is 16.7 Å². The van der Waals surface area contributed by atoms with Gasteiger partial charge in [-0.15, -0.1) is 0 Å². The van der Waals surface area contributed by atoms with Crippen molar-refractivity contribution in [3.05, 3.63) is 123 Å². The number of nitrogens with zero attached hydrogens (tertiary/aromatic N) is 4. The van der Waals surface area contributed by atoms with Crippen molar-refractivity contribution in [3.63, 3.8) is 0 Å². The molecule has 0 N–H and O–H groups in total. The molecule has 0 saturated heterocycles. The Morgan fingerprint density at radius 1 is 0.757 bits per heavy atom. The first-order valence-corrected chi connectivity index (χ1v) is 13.2. The Labute approximate surface area is 226 Å². The Bertz CT molecular complexity index is 1830. The second-order valence-corrected chi connectivity index (χ2v) is 10.1. The van der Waals surface area contributed by atoms with Crippen LogP contribution in [0.15, 0.2) is 107 Å². The zero-order valence-electron chi connectivity index (χ0n) is 19.3. The molecule has 37 heavy (non-hydrogen) atoms. The fourth-order valence-corrected chi connectivity index (χ4v) is 5.68. The van der Waals surface area contributed by atoms with Gasteiger partial charge in [0.05, 0.1) is 32.9 Å². The fourth-order valence-electron chi connectivity index (χ4n) is 4.21. The van der Waals surface area contributed by atoms with Gasteiger partial charge in [0.1, 0.15) is 10.9 Å². The molecule has 0 aliphatic carbocycles. The number of hydrogen-bond donors (Lipinski definition) is 0. The van der Waals surface area contributed by atoms with Crippen molar-refractivity contribution in [1.82, 2.24) is 19.5 Å². The maximum Gasteiger partial charge on any atom is 0.266 e. The molecule has 0 radical (unpaired) electrons. The summed E-state index contributed by atoms with van der Waals surface area (Å²) >= 11 is 14.2. The number of para-hydroxylation sites is 2. The summed E-state index contributed by atoms with van der Waals surface area (Å²) in [5, 5.41) is 2.84. The maximum absolute atomic E-state index is 13.7. The van der Waals surface area contributed by atoms with Gasteiger partial charge < -0.3 is 0 Å². The zero-order valence-corrected chi connectivity index (χ0v) is 21.6. The van der Waals surface area contributed by atoms with Crippen molar-refractivity contribution in [1.29, 1.82) is 0 Å². The van der Waals surface area contributed by atoms with Crippen molar-refractivity contribution in [2.24, 2.45) is 0 Å². The van der Waals surface area contributed by atoms with E-state index in [1.807, 2.05) is 84.9 Å². The number of aromatic nitrogens is 4.